The Morgan fingerprint density at radius 1 is 0.269 bits per heavy atom. The number of carbonyl (C=O) groups is 3. The first-order valence-corrected chi connectivity index (χ1v) is 31.6. The molecule has 12 heteroatoms. The zero-order valence-electron chi connectivity index (χ0n) is 44.8. The first-order valence-electron chi connectivity index (χ1n) is 24.5. The van der Waals surface area contributed by atoms with Crippen LogP contribution in [0.1, 0.15) is 177 Å². The molecule has 0 N–H and O–H groups in total. The summed E-state index contributed by atoms with van der Waals surface area (Å²) in [7, 11) is 0. The molecule has 0 atom stereocenters. The van der Waals surface area contributed by atoms with Crippen LogP contribution in [0.25, 0.3) is 0 Å². The maximum absolute atomic E-state index is 14.2. The lowest BCUT2D eigenvalue weighted by Gasteiger charge is -2.22. The van der Waals surface area contributed by atoms with Crippen LogP contribution in [0.5, 0.6) is 0 Å². The van der Waals surface area contributed by atoms with Gasteiger partial charge in [0.2, 0.25) is 0 Å². The second-order valence-electron chi connectivity index (χ2n) is 22.2. The van der Waals surface area contributed by atoms with Gasteiger partial charge in [-0.3, -0.25) is 14.4 Å². The van der Waals surface area contributed by atoms with Gasteiger partial charge >= 0.3 is 0 Å². The molecule has 0 radical (unpaired) electrons. The minimum Gasteiger partial charge on any atom is -0.288 e. The van der Waals surface area contributed by atoms with Crippen LogP contribution in [-0.2, 0) is 16.2 Å². The summed E-state index contributed by atoms with van der Waals surface area (Å²) in [6.45, 7) is 25.2. The van der Waals surface area contributed by atoms with Crippen molar-refractivity contribution in [3.63, 3.8) is 0 Å². The third-order valence-corrected chi connectivity index (χ3v) is 18.6. The molecule has 3 nitrogen and oxygen atoms in total. The van der Waals surface area contributed by atoms with Gasteiger partial charge in [-0.2, -0.15) is 0 Å². The van der Waals surface area contributed by atoms with Gasteiger partial charge in [0.1, 0.15) is 0 Å². The number of carbonyl (C=O) groups excluding carboxylic acids is 3. The van der Waals surface area contributed by atoms with E-state index in [9.17, 15) is 14.4 Å². The Balaban J connectivity index is 1.27. The lowest BCUT2D eigenvalue weighted by molar-refractivity contribution is 0.102. The van der Waals surface area contributed by atoms with Gasteiger partial charge in [0.25, 0.3) is 0 Å². The van der Waals surface area contributed by atoms with Crippen molar-refractivity contribution in [2.24, 2.45) is 0 Å². The summed E-state index contributed by atoms with van der Waals surface area (Å²) in [4.78, 5) is 42.6. The molecular formula is C66H51Br9O3. The van der Waals surface area contributed by atoms with Gasteiger partial charge in [0.15, 0.2) is 17.3 Å². The second kappa shape index (κ2) is 24.6. The van der Waals surface area contributed by atoms with E-state index in [4.69, 9.17) is 0 Å². The Morgan fingerprint density at radius 3 is 0.603 bits per heavy atom. The highest BCUT2D eigenvalue weighted by Gasteiger charge is 2.28. The Bertz CT molecular complexity index is 3350. The molecule has 0 fully saturated rings. The van der Waals surface area contributed by atoms with E-state index in [1.165, 1.54) is 0 Å². The minimum atomic E-state index is -0.128. The highest BCUT2D eigenvalue weighted by molar-refractivity contribution is 9.12. The normalized spacial score (nSPS) is 11.5. The average Bonchev–Trinajstić information content (AvgIpc) is 3.30. The highest BCUT2D eigenvalue weighted by Crippen LogP contribution is 2.39. The fraction of sp³-hybridized carbons (Fsp3) is 0.227. The fourth-order valence-corrected chi connectivity index (χ4v) is 15.5. The van der Waals surface area contributed by atoms with Crippen molar-refractivity contribution in [2.75, 3.05) is 0 Å². The van der Waals surface area contributed by atoms with Gasteiger partial charge < -0.3 is 0 Å². The maximum Gasteiger partial charge on any atom is 0.196 e. The zero-order chi connectivity index (χ0) is 57.7. The van der Waals surface area contributed by atoms with Gasteiger partial charge in [0.05, 0.1) is 16.7 Å². The van der Waals surface area contributed by atoms with Crippen LogP contribution in [0, 0.1) is 56.3 Å². The number of hydrogen-bond acceptors (Lipinski definition) is 3. The van der Waals surface area contributed by atoms with Crippen molar-refractivity contribution in [1.82, 2.24) is 0 Å². The molecule has 0 aromatic heterocycles. The molecule has 7 rings (SSSR count). The molecule has 0 heterocycles. The Labute approximate surface area is 535 Å². The molecular weight excluding hydrogens is 1560 g/mol. The second-order valence-corrected chi connectivity index (χ2v) is 29.9. The number of rotatable bonds is 6. The third kappa shape index (κ3) is 14.2. The quantitative estimate of drug-likeness (QED) is 0.123. The molecule has 0 aliphatic heterocycles. The molecule has 0 aliphatic carbocycles. The van der Waals surface area contributed by atoms with Gasteiger partial charge in [-0.05, 0) is 239 Å². The SMILES string of the molecule is Cc1cc(C(C)(C)C)cc(Br)c1C(=O)c1c(Br)cc(C#Cc2cc(C#Cc3cc(Br)c(C(=O)c4c(C)cc(C(C)(C)C)cc4Br)c(Br)c3)cc(C#Cc3cc(Br)c(C(=O)c4c(C)cc(C(C)(C)C)cc4Br)c(Br)c3)c2)cc1Br. The molecule has 0 saturated carbocycles. The third-order valence-electron chi connectivity index (χ3n) is 12.9. The number of benzene rings is 7. The summed E-state index contributed by atoms with van der Waals surface area (Å²) in [5.41, 5.74) is 13.0. The van der Waals surface area contributed by atoms with Crippen molar-refractivity contribution < 1.29 is 14.4 Å². The first kappa shape index (κ1) is 62.2. The molecule has 0 spiro atoms. The number of hydrogen-bond donors (Lipinski definition) is 0. The molecule has 7 aromatic rings. The van der Waals surface area contributed by atoms with E-state index < -0.39 is 0 Å². The van der Waals surface area contributed by atoms with E-state index in [-0.39, 0.29) is 33.6 Å². The smallest absolute Gasteiger partial charge is 0.196 e. The number of aryl methyl sites for hydroxylation is 3. The summed E-state index contributed by atoms with van der Waals surface area (Å²) >= 11 is 33.3. The van der Waals surface area contributed by atoms with Crippen molar-refractivity contribution in [2.45, 2.75) is 99.3 Å². The van der Waals surface area contributed by atoms with Crippen molar-refractivity contribution >= 4 is 161 Å². The van der Waals surface area contributed by atoms with Crippen LogP contribution >= 0.6 is 143 Å². The van der Waals surface area contributed by atoms with E-state index in [0.717, 1.165) is 46.8 Å². The predicted molar refractivity (Wildman–Crippen MR) is 353 cm³/mol. The molecule has 396 valence electrons. The first-order chi connectivity index (χ1) is 36.2. The van der Waals surface area contributed by atoms with Crippen LogP contribution in [0.15, 0.2) is 131 Å². The average molecular weight is 1610 g/mol. The molecule has 7 aromatic carbocycles. The monoisotopic (exact) mass is 1600 g/mol. The van der Waals surface area contributed by atoms with Crippen LogP contribution in [0.4, 0.5) is 0 Å². The summed E-state index contributed by atoms with van der Waals surface area (Å²) < 4.78 is 5.81. The standard InChI is InChI=1S/C66H51Br9O3/c1-34-19-43(64(4,5)6)31-52(73)55(34)61(76)58-46(67)25-40(26-47(58)68)16-13-37-22-38(14-17-41-27-48(69)59(49(70)28-41)62(77)56-35(2)20-44(32-53(56)74)65(7,8)9)24-39(23-37)15-18-42-29-50(71)60(51(72)30-42)63(78)57-36(3)21-45(33-54(57)75)66(10,11)12/h19-33H,1-12H3. The van der Waals surface area contributed by atoms with Gasteiger partial charge in [-0.15, -0.1) is 0 Å². The lowest BCUT2D eigenvalue weighted by Crippen LogP contribution is -2.14. The van der Waals surface area contributed by atoms with Crippen LogP contribution in [-0.4, -0.2) is 17.3 Å². The zero-order valence-corrected chi connectivity index (χ0v) is 59.1. The van der Waals surface area contributed by atoms with E-state index in [1.54, 1.807) is 0 Å². The van der Waals surface area contributed by atoms with E-state index in [0.29, 0.717) is 93.6 Å². The summed E-state index contributed by atoms with van der Waals surface area (Å²) in [6, 6.07) is 29.1. The molecule has 0 saturated heterocycles. The summed E-state index contributed by atoms with van der Waals surface area (Å²) in [5, 5.41) is 0. The summed E-state index contributed by atoms with van der Waals surface area (Å²) in [5.74, 6) is 19.5. The van der Waals surface area contributed by atoms with Gasteiger partial charge in [0, 0.05) is 90.3 Å². The van der Waals surface area contributed by atoms with Crippen molar-refractivity contribution in [3.8, 4) is 35.5 Å². The summed E-state index contributed by atoms with van der Waals surface area (Å²) in [6.07, 6.45) is 0. The number of halogens is 9. The number of ketones is 3. The van der Waals surface area contributed by atoms with Crippen LogP contribution in [0.3, 0.4) is 0 Å². The van der Waals surface area contributed by atoms with Crippen LogP contribution in [0.2, 0.25) is 0 Å². The molecule has 0 aliphatic rings. The topological polar surface area (TPSA) is 51.2 Å². The van der Waals surface area contributed by atoms with Crippen LogP contribution < -0.4 is 0 Å². The molecule has 78 heavy (non-hydrogen) atoms. The van der Waals surface area contributed by atoms with Crippen molar-refractivity contribution in [1.29, 1.82) is 0 Å². The highest BCUT2D eigenvalue weighted by atomic mass is 79.9. The molecule has 0 unspecified atom stereocenters. The van der Waals surface area contributed by atoms with E-state index in [1.807, 2.05) is 93.6 Å². The van der Waals surface area contributed by atoms with Gasteiger partial charge in [-0.25, -0.2) is 0 Å². The maximum atomic E-state index is 14.2. The molecule has 0 bridgehead atoms. The molecule has 0 amide bonds. The van der Waals surface area contributed by atoms with Crippen molar-refractivity contribution in [3.05, 3.63) is 231 Å². The van der Waals surface area contributed by atoms with E-state index >= 15 is 0 Å². The minimum absolute atomic E-state index is 0.0839. The Hall–Kier alpha value is -3.45. The van der Waals surface area contributed by atoms with E-state index in [2.05, 4.69) is 259 Å². The Kier molecular flexibility index (Phi) is 19.6. The largest absolute Gasteiger partial charge is 0.288 e. The predicted octanol–water partition coefficient (Wildman–Crippen LogP) is 21.3. The fourth-order valence-electron chi connectivity index (χ4n) is 8.63. The van der Waals surface area contributed by atoms with Gasteiger partial charge in [-0.1, -0.05) is 164 Å². The lowest BCUT2D eigenvalue weighted by atomic mass is 9.84. The Morgan fingerprint density at radius 2 is 0.436 bits per heavy atom.